The first-order valence-electron chi connectivity index (χ1n) is 6.91. The van der Waals surface area contributed by atoms with Gasteiger partial charge in [0.25, 0.3) is 0 Å². The van der Waals surface area contributed by atoms with Gasteiger partial charge in [-0.25, -0.2) is 8.42 Å². The molecule has 0 fully saturated rings. The Morgan fingerprint density at radius 2 is 1.75 bits per heavy atom. The van der Waals surface area contributed by atoms with E-state index in [0.717, 1.165) is 27.6 Å². The van der Waals surface area contributed by atoms with E-state index in [4.69, 9.17) is 11.6 Å². The highest BCUT2D eigenvalue weighted by molar-refractivity contribution is 7.89. The van der Waals surface area contributed by atoms with E-state index in [-0.39, 0.29) is 6.54 Å². The highest BCUT2D eigenvalue weighted by atomic mass is 35.5. The summed E-state index contributed by atoms with van der Waals surface area (Å²) in [5.74, 6) is 0. The van der Waals surface area contributed by atoms with Crippen molar-refractivity contribution >= 4 is 21.6 Å². The van der Waals surface area contributed by atoms with Gasteiger partial charge in [0.1, 0.15) is 0 Å². The standard InChI is InChI=1S/C16H15ClF3NO2S/c1-11-5-3-4-6-12(11)10-21(2)24(22,23)13-7-8-15(17)14(9-13)16(18,19)20/h3-9H,10H2,1-2H3. The minimum atomic E-state index is -4.72. The van der Waals surface area contributed by atoms with Gasteiger partial charge in [-0.05, 0) is 36.2 Å². The molecule has 24 heavy (non-hydrogen) atoms. The smallest absolute Gasteiger partial charge is 0.207 e. The molecule has 0 bridgehead atoms. The Morgan fingerprint density at radius 3 is 2.33 bits per heavy atom. The highest BCUT2D eigenvalue weighted by Gasteiger charge is 2.35. The van der Waals surface area contributed by atoms with Crippen molar-refractivity contribution in [2.75, 3.05) is 7.05 Å². The number of sulfonamides is 1. The van der Waals surface area contributed by atoms with Gasteiger partial charge in [-0.2, -0.15) is 17.5 Å². The lowest BCUT2D eigenvalue weighted by atomic mass is 10.1. The Kier molecular flexibility index (Phi) is 5.27. The minimum absolute atomic E-state index is 0.0545. The molecular weight excluding hydrogens is 363 g/mol. The molecule has 3 nitrogen and oxygen atoms in total. The largest absolute Gasteiger partial charge is 0.417 e. The molecule has 2 aromatic carbocycles. The zero-order chi connectivity index (χ0) is 18.1. The fourth-order valence-electron chi connectivity index (χ4n) is 2.17. The van der Waals surface area contributed by atoms with Crippen molar-refractivity contribution in [3.05, 3.63) is 64.2 Å². The van der Waals surface area contributed by atoms with Gasteiger partial charge in [0.05, 0.1) is 15.5 Å². The van der Waals surface area contributed by atoms with Crippen LogP contribution < -0.4 is 0 Å². The van der Waals surface area contributed by atoms with Crippen molar-refractivity contribution < 1.29 is 21.6 Å². The van der Waals surface area contributed by atoms with Crippen LogP contribution in [0.25, 0.3) is 0 Å². The van der Waals surface area contributed by atoms with E-state index >= 15 is 0 Å². The van der Waals surface area contributed by atoms with Gasteiger partial charge in [0.15, 0.2) is 0 Å². The van der Waals surface area contributed by atoms with E-state index in [1.807, 2.05) is 19.1 Å². The van der Waals surface area contributed by atoms with Crippen LogP contribution in [0.1, 0.15) is 16.7 Å². The second-order valence-corrected chi connectivity index (χ2v) is 7.78. The Balaban J connectivity index is 2.38. The van der Waals surface area contributed by atoms with Gasteiger partial charge in [-0.3, -0.25) is 0 Å². The summed E-state index contributed by atoms with van der Waals surface area (Å²) in [6.45, 7) is 1.89. The van der Waals surface area contributed by atoms with E-state index in [9.17, 15) is 21.6 Å². The number of rotatable bonds is 4. The van der Waals surface area contributed by atoms with Gasteiger partial charge in [0, 0.05) is 13.6 Å². The maximum atomic E-state index is 12.9. The summed E-state index contributed by atoms with van der Waals surface area (Å²) >= 11 is 5.53. The summed E-state index contributed by atoms with van der Waals surface area (Å²) in [5.41, 5.74) is 0.495. The van der Waals surface area contributed by atoms with Crippen molar-refractivity contribution in [1.29, 1.82) is 0 Å². The predicted molar refractivity (Wildman–Crippen MR) is 86.3 cm³/mol. The number of hydrogen-bond donors (Lipinski definition) is 0. The molecule has 0 radical (unpaired) electrons. The number of benzene rings is 2. The third-order valence-electron chi connectivity index (χ3n) is 3.61. The number of aryl methyl sites for hydroxylation is 1. The second-order valence-electron chi connectivity index (χ2n) is 5.33. The van der Waals surface area contributed by atoms with Crippen LogP contribution in [-0.2, 0) is 22.7 Å². The second kappa shape index (κ2) is 6.74. The molecular formula is C16H15ClF3NO2S. The minimum Gasteiger partial charge on any atom is -0.207 e. The summed E-state index contributed by atoms with van der Waals surface area (Å²) < 4.78 is 64.9. The normalized spacial score (nSPS) is 12.6. The number of halogens is 4. The van der Waals surface area contributed by atoms with E-state index in [2.05, 4.69) is 0 Å². The fourth-order valence-corrected chi connectivity index (χ4v) is 3.57. The van der Waals surface area contributed by atoms with Gasteiger partial charge < -0.3 is 0 Å². The van der Waals surface area contributed by atoms with E-state index in [1.54, 1.807) is 12.1 Å². The number of nitrogens with zero attached hydrogens (tertiary/aromatic N) is 1. The fraction of sp³-hybridized carbons (Fsp3) is 0.250. The number of alkyl halides is 3. The van der Waals surface area contributed by atoms with Crippen LogP contribution in [0.5, 0.6) is 0 Å². The third kappa shape index (κ3) is 3.91. The average Bonchev–Trinajstić information content (AvgIpc) is 2.48. The Labute approximate surface area is 143 Å². The average molecular weight is 378 g/mol. The zero-order valence-corrected chi connectivity index (χ0v) is 14.5. The van der Waals surface area contributed by atoms with Crippen LogP contribution in [0.4, 0.5) is 13.2 Å². The Bertz CT molecular complexity index is 851. The van der Waals surface area contributed by atoms with Crippen LogP contribution >= 0.6 is 11.6 Å². The van der Waals surface area contributed by atoms with E-state index in [1.165, 1.54) is 7.05 Å². The molecule has 0 aliphatic heterocycles. The summed E-state index contributed by atoms with van der Waals surface area (Å²) in [7, 11) is -2.76. The van der Waals surface area contributed by atoms with Crippen molar-refractivity contribution in [3.63, 3.8) is 0 Å². The molecule has 2 rings (SSSR count). The maximum absolute atomic E-state index is 12.9. The zero-order valence-electron chi connectivity index (χ0n) is 12.9. The van der Waals surface area contributed by atoms with Crippen molar-refractivity contribution in [1.82, 2.24) is 4.31 Å². The van der Waals surface area contributed by atoms with Crippen LogP contribution in [0, 0.1) is 6.92 Å². The van der Waals surface area contributed by atoms with Gasteiger partial charge in [-0.1, -0.05) is 35.9 Å². The topological polar surface area (TPSA) is 37.4 Å². The molecule has 0 heterocycles. The molecule has 0 saturated carbocycles. The molecule has 2 aromatic rings. The summed E-state index contributed by atoms with van der Waals surface area (Å²) in [6.07, 6.45) is -4.72. The Morgan fingerprint density at radius 1 is 1.12 bits per heavy atom. The molecule has 8 heteroatoms. The SMILES string of the molecule is Cc1ccccc1CN(C)S(=O)(=O)c1ccc(Cl)c(C(F)(F)F)c1. The molecule has 0 unspecified atom stereocenters. The molecule has 0 spiro atoms. The Hall–Kier alpha value is -1.57. The first-order valence-corrected chi connectivity index (χ1v) is 8.73. The highest BCUT2D eigenvalue weighted by Crippen LogP contribution is 2.36. The first-order chi connectivity index (χ1) is 11.0. The molecule has 0 aromatic heterocycles. The lowest BCUT2D eigenvalue weighted by Crippen LogP contribution is -2.27. The van der Waals surface area contributed by atoms with Crippen LogP contribution in [-0.4, -0.2) is 19.8 Å². The van der Waals surface area contributed by atoms with E-state index in [0.29, 0.717) is 6.07 Å². The molecule has 0 aliphatic rings. The predicted octanol–water partition coefficient (Wildman–Crippen LogP) is 4.49. The van der Waals surface area contributed by atoms with Crippen LogP contribution in [0.2, 0.25) is 5.02 Å². The van der Waals surface area contributed by atoms with Crippen molar-refractivity contribution in [3.8, 4) is 0 Å². The lowest BCUT2D eigenvalue weighted by molar-refractivity contribution is -0.137. The quantitative estimate of drug-likeness (QED) is 0.787. The maximum Gasteiger partial charge on any atom is 0.417 e. The van der Waals surface area contributed by atoms with Gasteiger partial charge in [0.2, 0.25) is 10.0 Å². The van der Waals surface area contributed by atoms with Crippen LogP contribution in [0.3, 0.4) is 0 Å². The summed E-state index contributed by atoms with van der Waals surface area (Å²) in [4.78, 5) is -0.449. The third-order valence-corrected chi connectivity index (χ3v) is 5.73. The monoisotopic (exact) mass is 377 g/mol. The molecule has 0 atom stereocenters. The molecule has 0 N–H and O–H groups in total. The molecule has 0 aliphatic carbocycles. The summed E-state index contributed by atoms with van der Waals surface area (Å²) in [6, 6.07) is 9.77. The molecule has 0 amide bonds. The van der Waals surface area contributed by atoms with Gasteiger partial charge in [-0.15, -0.1) is 0 Å². The summed E-state index contributed by atoms with van der Waals surface area (Å²) in [5, 5.41) is -0.539. The molecule has 130 valence electrons. The first kappa shape index (κ1) is 18.8. The lowest BCUT2D eigenvalue weighted by Gasteiger charge is -2.19. The number of hydrogen-bond acceptors (Lipinski definition) is 2. The van der Waals surface area contributed by atoms with Gasteiger partial charge >= 0.3 is 6.18 Å². The van der Waals surface area contributed by atoms with Crippen molar-refractivity contribution in [2.45, 2.75) is 24.5 Å². The van der Waals surface area contributed by atoms with Crippen molar-refractivity contribution in [2.24, 2.45) is 0 Å². The molecule has 0 saturated heterocycles. The van der Waals surface area contributed by atoms with Crippen LogP contribution in [0.15, 0.2) is 47.4 Å². The van der Waals surface area contributed by atoms with E-state index < -0.39 is 31.7 Å².